The summed E-state index contributed by atoms with van der Waals surface area (Å²) in [5, 5.41) is 4.14. The molecule has 0 aliphatic carbocycles. The van der Waals surface area contributed by atoms with Gasteiger partial charge < -0.3 is 5.73 Å². The molecule has 0 unspecified atom stereocenters. The summed E-state index contributed by atoms with van der Waals surface area (Å²) in [5.74, 6) is 0. The number of aryl methyl sites for hydroxylation is 1. The molecule has 0 aliphatic heterocycles. The summed E-state index contributed by atoms with van der Waals surface area (Å²) in [4.78, 5) is 0. The smallest absolute Gasteiger partial charge is 0.0872 e. The standard InChI is InChI=1S/C9H13N3/c1-4-11-12-7(2)5-6-9(12)8(3)10/h4-6H,3,10H2,1-2H3/b11-4-. The Labute approximate surface area is 72.2 Å². The molecule has 0 amide bonds. The molecule has 0 aliphatic rings. The maximum absolute atomic E-state index is 5.57. The lowest BCUT2D eigenvalue weighted by molar-refractivity contribution is 0.836. The predicted molar refractivity (Wildman–Crippen MR) is 52.0 cm³/mol. The SMILES string of the molecule is C=C(N)c1ccc(C)n1/N=C\C. The molecular weight excluding hydrogens is 150 g/mol. The van der Waals surface area contributed by atoms with Crippen LogP contribution >= 0.6 is 0 Å². The van der Waals surface area contributed by atoms with Gasteiger partial charge in [-0.05, 0) is 26.0 Å². The van der Waals surface area contributed by atoms with Gasteiger partial charge in [0.2, 0.25) is 0 Å². The van der Waals surface area contributed by atoms with E-state index in [4.69, 9.17) is 5.73 Å². The van der Waals surface area contributed by atoms with Gasteiger partial charge >= 0.3 is 0 Å². The highest BCUT2D eigenvalue weighted by Gasteiger charge is 2.03. The minimum absolute atomic E-state index is 0.536. The molecule has 1 aromatic heterocycles. The van der Waals surface area contributed by atoms with Gasteiger partial charge in [-0.15, -0.1) is 0 Å². The van der Waals surface area contributed by atoms with E-state index in [0.29, 0.717) is 5.70 Å². The lowest BCUT2D eigenvalue weighted by atomic mass is 10.4. The Morgan fingerprint density at radius 2 is 2.33 bits per heavy atom. The van der Waals surface area contributed by atoms with Crippen molar-refractivity contribution in [3.05, 3.63) is 30.1 Å². The maximum atomic E-state index is 5.57. The van der Waals surface area contributed by atoms with Crippen LogP contribution in [0.3, 0.4) is 0 Å². The van der Waals surface area contributed by atoms with E-state index in [0.717, 1.165) is 11.4 Å². The highest BCUT2D eigenvalue weighted by molar-refractivity contribution is 5.59. The molecule has 12 heavy (non-hydrogen) atoms. The Morgan fingerprint density at radius 1 is 1.67 bits per heavy atom. The van der Waals surface area contributed by atoms with Crippen LogP contribution in [0.4, 0.5) is 0 Å². The molecule has 3 nitrogen and oxygen atoms in total. The molecule has 3 heteroatoms. The number of rotatable bonds is 2. The van der Waals surface area contributed by atoms with Gasteiger partial charge in [0.15, 0.2) is 0 Å². The average Bonchev–Trinajstić information content (AvgIpc) is 2.34. The Bertz CT molecular complexity index is 321. The van der Waals surface area contributed by atoms with E-state index >= 15 is 0 Å². The fraction of sp³-hybridized carbons (Fsp3) is 0.222. The zero-order valence-electron chi connectivity index (χ0n) is 7.41. The van der Waals surface area contributed by atoms with Gasteiger partial charge in [-0.25, -0.2) is 4.68 Å². The second kappa shape index (κ2) is 3.26. The number of nitrogens with zero attached hydrogens (tertiary/aromatic N) is 2. The fourth-order valence-electron chi connectivity index (χ4n) is 1.04. The molecule has 0 saturated carbocycles. The molecule has 1 rings (SSSR count). The molecule has 0 radical (unpaired) electrons. The van der Waals surface area contributed by atoms with Crippen molar-refractivity contribution in [2.75, 3.05) is 0 Å². The normalized spacial score (nSPS) is 10.8. The molecule has 1 heterocycles. The molecule has 1 aromatic rings. The van der Waals surface area contributed by atoms with Crippen LogP contribution in [-0.4, -0.2) is 10.9 Å². The van der Waals surface area contributed by atoms with Crippen LogP contribution < -0.4 is 5.73 Å². The minimum Gasteiger partial charge on any atom is -0.397 e. The summed E-state index contributed by atoms with van der Waals surface area (Å²) < 4.78 is 1.77. The van der Waals surface area contributed by atoms with Crippen LogP contribution in [0.2, 0.25) is 0 Å². The van der Waals surface area contributed by atoms with Gasteiger partial charge in [-0.2, -0.15) is 5.10 Å². The van der Waals surface area contributed by atoms with Crippen molar-refractivity contribution in [2.24, 2.45) is 10.8 Å². The van der Waals surface area contributed by atoms with Crippen LogP contribution in [0.1, 0.15) is 18.3 Å². The van der Waals surface area contributed by atoms with E-state index in [1.54, 1.807) is 10.9 Å². The summed E-state index contributed by atoms with van der Waals surface area (Å²) in [7, 11) is 0. The molecule has 0 spiro atoms. The average molecular weight is 163 g/mol. The molecule has 0 fully saturated rings. The molecule has 0 bridgehead atoms. The topological polar surface area (TPSA) is 43.3 Å². The lowest BCUT2D eigenvalue weighted by Crippen LogP contribution is -2.02. The summed E-state index contributed by atoms with van der Waals surface area (Å²) in [5.41, 5.74) is 8.01. The molecule has 0 saturated heterocycles. The third kappa shape index (κ3) is 1.39. The minimum atomic E-state index is 0.536. The van der Waals surface area contributed by atoms with Gasteiger partial charge in [0.1, 0.15) is 0 Å². The van der Waals surface area contributed by atoms with E-state index in [9.17, 15) is 0 Å². The van der Waals surface area contributed by atoms with E-state index in [2.05, 4.69) is 11.7 Å². The number of hydrogen-bond donors (Lipinski definition) is 1. The number of hydrogen-bond acceptors (Lipinski definition) is 2. The first kappa shape index (κ1) is 8.59. The van der Waals surface area contributed by atoms with E-state index in [1.807, 2.05) is 26.0 Å². The third-order valence-corrected chi connectivity index (χ3v) is 1.60. The summed E-state index contributed by atoms with van der Waals surface area (Å²) in [6.07, 6.45) is 1.72. The quantitative estimate of drug-likeness (QED) is 0.661. The van der Waals surface area contributed by atoms with E-state index in [-0.39, 0.29) is 0 Å². The van der Waals surface area contributed by atoms with Crippen LogP contribution in [0, 0.1) is 6.92 Å². The molecule has 0 atom stereocenters. The molecule has 64 valence electrons. The Kier molecular flexibility index (Phi) is 2.33. The first-order valence-corrected chi connectivity index (χ1v) is 3.79. The zero-order chi connectivity index (χ0) is 9.14. The van der Waals surface area contributed by atoms with E-state index in [1.165, 1.54) is 0 Å². The third-order valence-electron chi connectivity index (χ3n) is 1.60. The van der Waals surface area contributed by atoms with Crippen molar-refractivity contribution in [1.29, 1.82) is 0 Å². The van der Waals surface area contributed by atoms with Crippen molar-refractivity contribution in [3.8, 4) is 0 Å². The fourth-order valence-corrected chi connectivity index (χ4v) is 1.04. The van der Waals surface area contributed by atoms with Gasteiger partial charge in [0, 0.05) is 11.9 Å². The summed E-state index contributed by atoms with van der Waals surface area (Å²) >= 11 is 0. The highest BCUT2D eigenvalue weighted by Crippen LogP contribution is 2.12. The van der Waals surface area contributed by atoms with Gasteiger partial charge in [-0.1, -0.05) is 6.58 Å². The van der Waals surface area contributed by atoms with Gasteiger partial charge in [0.05, 0.1) is 11.4 Å². The van der Waals surface area contributed by atoms with Crippen LogP contribution in [0.25, 0.3) is 5.70 Å². The monoisotopic (exact) mass is 163 g/mol. The van der Waals surface area contributed by atoms with Gasteiger partial charge in [-0.3, -0.25) is 0 Å². The Hall–Kier alpha value is -1.51. The van der Waals surface area contributed by atoms with Crippen LogP contribution in [0.5, 0.6) is 0 Å². The van der Waals surface area contributed by atoms with Crippen molar-refractivity contribution in [3.63, 3.8) is 0 Å². The first-order chi connectivity index (χ1) is 5.66. The van der Waals surface area contributed by atoms with Gasteiger partial charge in [0.25, 0.3) is 0 Å². The summed E-state index contributed by atoms with van der Waals surface area (Å²) in [6.45, 7) is 7.50. The largest absolute Gasteiger partial charge is 0.397 e. The van der Waals surface area contributed by atoms with Crippen molar-refractivity contribution in [1.82, 2.24) is 4.68 Å². The van der Waals surface area contributed by atoms with Crippen LogP contribution in [-0.2, 0) is 0 Å². The Balaban J connectivity index is 3.21. The van der Waals surface area contributed by atoms with Crippen molar-refractivity contribution < 1.29 is 0 Å². The van der Waals surface area contributed by atoms with Crippen LogP contribution in [0.15, 0.2) is 23.8 Å². The van der Waals surface area contributed by atoms with E-state index < -0.39 is 0 Å². The van der Waals surface area contributed by atoms with Crippen molar-refractivity contribution in [2.45, 2.75) is 13.8 Å². The number of aromatic nitrogens is 1. The first-order valence-electron chi connectivity index (χ1n) is 3.79. The predicted octanol–water partition coefficient (Wildman–Crippen LogP) is 1.58. The maximum Gasteiger partial charge on any atom is 0.0872 e. The lowest BCUT2D eigenvalue weighted by Gasteiger charge is -2.03. The summed E-state index contributed by atoms with van der Waals surface area (Å²) in [6, 6.07) is 3.87. The molecular formula is C9H13N3. The van der Waals surface area contributed by atoms with Crippen molar-refractivity contribution >= 4 is 11.9 Å². The molecule has 2 N–H and O–H groups in total. The second-order valence-corrected chi connectivity index (χ2v) is 2.57. The Morgan fingerprint density at radius 3 is 2.83 bits per heavy atom. The molecule has 0 aromatic carbocycles. The zero-order valence-corrected chi connectivity index (χ0v) is 7.41. The highest BCUT2D eigenvalue weighted by atomic mass is 15.4. The number of nitrogens with two attached hydrogens (primary N) is 1. The second-order valence-electron chi connectivity index (χ2n) is 2.57.